The first kappa shape index (κ1) is 14.5. The second-order valence-corrected chi connectivity index (χ2v) is 5.82. The molecule has 0 aliphatic carbocycles. The molecule has 1 atom stereocenters. The summed E-state index contributed by atoms with van der Waals surface area (Å²) in [6.45, 7) is 8.43. The van der Waals surface area contributed by atoms with E-state index in [4.69, 9.17) is 9.47 Å². The predicted molar refractivity (Wildman–Crippen MR) is 77.1 cm³/mol. The van der Waals surface area contributed by atoms with Gasteiger partial charge in [0.1, 0.15) is 0 Å². The summed E-state index contributed by atoms with van der Waals surface area (Å²) in [5.74, 6) is 0. The van der Waals surface area contributed by atoms with Crippen molar-refractivity contribution in [2.45, 2.75) is 32.9 Å². The number of rotatable bonds is 7. The van der Waals surface area contributed by atoms with Gasteiger partial charge >= 0.3 is 0 Å². The summed E-state index contributed by atoms with van der Waals surface area (Å²) in [4.78, 5) is 0. The van der Waals surface area contributed by atoms with Gasteiger partial charge < -0.3 is 14.8 Å². The van der Waals surface area contributed by atoms with Gasteiger partial charge in [0.05, 0.1) is 19.8 Å². The van der Waals surface area contributed by atoms with Crippen molar-refractivity contribution in [1.29, 1.82) is 0 Å². The van der Waals surface area contributed by atoms with Crippen LogP contribution in [0.15, 0.2) is 30.3 Å². The Kier molecular flexibility index (Phi) is 5.37. The van der Waals surface area contributed by atoms with E-state index < -0.39 is 0 Å². The van der Waals surface area contributed by atoms with Gasteiger partial charge in [0.2, 0.25) is 0 Å². The highest BCUT2D eigenvalue weighted by molar-refractivity contribution is 5.13. The number of benzene rings is 1. The molecule has 0 radical (unpaired) electrons. The lowest BCUT2D eigenvalue weighted by Gasteiger charge is -2.28. The maximum atomic E-state index is 5.92. The molecule has 1 aromatic carbocycles. The Labute approximate surface area is 116 Å². The molecule has 0 aromatic heterocycles. The summed E-state index contributed by atoms with van der Waals surface area (Å²) in [5, 5.41) is 3.52. The molecule has 1 aliphatic rings. The topological polar surface area (TPSA) is 30.5 Å². The molecule has 19 heavy (non-hydrogen) atoms. The molecular weight excluding hydrogens is 238 g/mol. The lowest BCUT2D eigenvalue weighted by atomic mass is 9.88. The Balaban J connectivity index is 1.80. The minimum atomic E-state index is 0.152. The molecule has 1 fully saturated rings. The van der Waals surface area contributed by atoms with Crippen molar-refractivity contribution < 1.29 is 9.47 Å². The first-order chi connectivity index (χ1) is 9.20. The van der Waals surface area contributed by atoms with Gasteiger partial charge in [0.15, 0.2) is 0 Å². The largest absolute Gasteiger partial charge is 0.381 e. The van der Waals surface area contributed by atoms with Crippen LogP contribution in [0.25, 0.3) is 0 Å². The fourth-order valence-electron chi connectivity index (χ4n) is 2.33. The van der Waals surface area contributed by atoms with Gasteiger partial charge in [-0.2, -0.15) is 0 Å². The average Bonchev–Trinajstić information content (AvgIpc) is 2.87. The van der Waals surface area contributed by atoms with Crippen molar-refractivity contribution in [3.8, 4) is 0 Å². The molecule has 1 aromatic rings. The van der Waals surface area contributed by atoms with Gasteiger partial charge in [-0.15, -0.1) is 0 Å². The Morgan fingerprint density at radius 3 is 2.74 bits per heavy atom. The summed E-state index contributed by atoms with van der Waals surface area (Å²) < 4.78 is 11.5. The zero-order valence-corrected chi connectivity index (χ0v) is 12.0. The Morgan fingerprint density at radius 1 is 1.32 bits per heavy atom. The fraction of sp³-hybridized carbons (Fsp3) is 0.625. The van der Waals surface area contributed by atoms with E-state index in [1.54, 1.807) is 0 Å². The van der Waals surface area contributed by atoms with E-state index >= 15 is 0 Å². The van der Waals surface area contributed by atoms with Crippen LogP contribution < -0.4 is 5.32 Å². The third kappa shape index (κ3) is 4.60. The molecular formula is C16H25NO2. The molecule has 1 N–H and O–H groups in total. The molecule has 1 heterocycles. The molecule has 1 unspecified atom stereocenters. The molecule has 0 saturated carbocycles. The minimum Gasteiger partial charge on any atom is -0.381 e. The van der Waals surface area contributed by atoms with Crippen LogP contribution in [0, 0.1) is 5.41 Å². The summed E-state index contributed by atoms with van der Waals surface area (Å²) in [5.41, 5.74) is 1.38. The third-order valence-corrected chi connectivity index (χ3v) is 3.59. The quantitative estimate of drug-likeness (QED) is 0.820. The Hall–Kier alpha value is -0.900. The van der Waals surface area contributed by atoms with Crippen LogP contribution in [0.4, 0.5) is 0 Å². The highest BCUT2D eigenvalue weighted by Crippen LogP contribution is 2.28. The SMILES string of the molecule is CC(C)NCC1(COCc2ccccc2)CCOC1. The predicted octanol–water partition coefficient (Wildman–Crippen LogP) is 2.61. The van der Waals surface area contributed by atoms with Crippen molar-refractivity contribution in [1.82, 2.24) is 5.32 Å². The number of hydrogen-bond donors (Lipinski definition) is 1. The lowest BCUT2D eigenvalue weighted by Crippen LogP contribution is -2.41. The van der Waals surface area contributed by atoms with Crippen molar-refractivity contribution >= 4 is 0 Å². The van der Waals surface area contributed by atoms with Crippen molar-refractivity contribution in [2.24, 2.45) is 5.41 Å². The van der Waals surface area contributed by atoms with E-state index in [2.05, 4.69) is 31.3 Å². The summed E-state index contributed by atoms with van der Waals surface area (Å²) in [6.07, 6.45) is 1.08. The van der Waals surface area contributed by atoms with Crippen LogP contribution in [-0.2, 0) is 16.1 Å². The van der Waals surface area contributed by atoms with Crippen LogP contribution in [-0.4, -0.2) is 32.4 Å². The van der Waals surface area contributed by atoms with E-state index in [-0.39, 0.29) is 5.41 Å². The average molecular weight is 263 g/mol. The number of hydrogen-bond acceptors (Lipinski definition) is 3. The Morgan fingerprint density at radius 2 is 2.11 bits per heavy atom. The Bertz CT molecular complexity index is 358. The molecule has 3 heteroatoms. The zero-order chi connectivity index (χ0) is 13.6. The van der Waals surface area contributed by atoms with E-state index in [9.17, 15) is 0 Å². The van der Waals surface area contributed by atoms with E-state index in [1.165, 1.54) is 5.56 Å². The van der Waals surface area contributed by atoms with Crippen molar-refractivity contribution in [3.63, 3.8) is 0 Å². The van der Waals surface area contributed by atoms with Gasteiger partial charge in [-0.25, -0.2) is 0 Å². The highest BCUT2D eigenvalue weighted by Gasteiger charge is 2.35. The molecule has 2 rings (SSSR count). The smallest absolute Gasteiger partial charge is 0.0717 e. The zero-order valence-electron chi connectivity index (χ0n) is 12.0. The molecule has 1 saturated heterocycles. The van der Waals surface area contributed by atoms with E-state index in [1.807, 2.05) is 18.2 Å². The highest BCUT2D eigenvalue weighted by atomic mass is 16.5. The molecule has 1 aliphatic heterocycles. The van der Waals surface area contributed by atoms with Gasteiger partial charge in [-0.3, -0.25) is 0 Å². The first-order valence-corrected chi connectivity index (χ1v) is 7.13. The second kappa shape index (κ2) is 7.04. The normalized spacial score (nSPS) is 23.1. The van der Waals surface area contributed by atoms with Crippen LogP contribution >= 0.6 is 0 Å². The van der Waals surface area contributed by atoms with Crippen LogP contribution in [0.3, 0.4) is 0 Å². The van der Waals surface area contributed by atoms with Gasteiger partial charge in [-0.1, -0.05) is 44.2 Å². The molecule has 0 bridgehead atoms. The van der Waals surface area contributed by atoms with Crippen LogP contribution in [0.2, 0.25) is 0 Å². The maximum absolute atomic E-state index is 5.92. The number of nitrogens with one attached hydrogen (secondary N) is 1. The molecule has 0 spiro atoms. The maximum Gasteiger partial charge on any atom is 0.0717 e. The second-order valence-electron chi connectivity index (χ2n) is 5.82. The first-order valence-electron chi connectivity index (χ1n) is 7.13. The van der Waals surface area contributed by atoms with Crippen molar-refractivity contribution in [3.05, 3.63) is 35.9 Å². The monoisotopic (exact) mass is 263 g/mol. The minimum absolute atomic E-state index is 0.152. The van der Waals surface area contributed by atoms with Gasteiger partial charge in [0, 0.05) is 24.6 Å². The fourth-order valence-corrected chi connectivity index (χ4v) is 2.33. The lowest BCUT2D eigenvalue weighted by molar-refractivity contribution is 0.0243. The van der Waals surface area contributed by atoms with E-state index in [0.29, 0.717) is 12.6 Å². The van der Waals surface area contributed by atoms with Crippen LogP contribution in [0.1, 0.15) is 25.8 Å². The summed E-state index contributed by atoms with van der Waals surface area (Å²) >= 11 is 0. The summed E-state index contributed by atoms with van der Waals surface area (Å²) in [6, 6.07) is 10.8. The molecule has 106 valence electrons. The van der Waals surface area contributed by atoms with Crippen molar-refractivity contribution in [2.75, 3.05) is 26.4 Å². The van der Waals surface area contributed by atoms with Gasteiger partial charge in [0.25, 0.3) is 0 Å². The van der Waals surface area contributed by atoms with Gasteiger partial charge in [-0.05, 0) is 12.0 Å². The summed E-state index contributed by atoms with van der Waals surface area (Å²) in [7, 11) is 0. The number of ether oxygens (including phenoxy) is 2. The molecule has 0 amide bonds. The third-order valence-electron chi connectivity index (χ3n) is 3.59. The molecule has 3 nitrogen and oxygen atoms in total. The van der Waals surface area contributed by atoms with Crippen LogP contribution in [0.5, 0.6) is 0 Å². The standard InChI is InChI=1S/C16H25NO2/c1-14(2)17-11-16(8-9-18-12-16)13-19-10-15-6-4-3-5-7-15/h3-7,14,17H,8-13H2,1-2H3. The van der Waals surface area contributed by atoms with E-state index in [0.717, 1.165) is 32.8 Å².